The van der Waals surface area contributed by atoms with Crippen LogP contribution in [0.1, 0.15) is 90.1 Å². The molecule has 1 aromatic rings. The Morgan fingerprint density at radius 3 is 2.05 bits per heavy atom. The highest BCUT2D eigenvalue weighted by atomic mass is 15.1. The lowest BCUT2D eigenvalue weighted by Crippen LogP contribution is -2.41. The minimum absolute atomic E-state index is 0.671. The Morgan fingerprint density at radius 2 is 1.43 bits per heavy atom. The average Bonchev–Trinajstić information content (AvgIpc) is 3.05. The van der Waals surface area contributed by atoms with Gasteiger partial charge in [0.1, 0.15) is 24.5 Å². The molecule has 21 heavy (non-hydrogen) atoms. The zero-order chi connectivity index (χ0) is 14.7. The topological polar surface area (TPSA) is 8.81 Å². The zero-order valence-electron chi connectivity index (χ0n) is 14.0. The lowest BCUT2D eigenvalue weighted by molar-refractivity contribution is -0.726. The van der Waals surface area contributed by atoms with Crippen molar-refractivity contribution in [3.8, 4) is 0 Å². The molecule has 0 unspecified atom stereocenters. The Morgan fingerprint density at radius 1 is 0.857 bits per heavy atom. The van der Waals surface area contributed by atoms with Gasteiger partial charge in [0, 0.05) is 0 Å². The maximum Gasteiger partial charge on any atom is 0.244 e. The van der Waals surface area contributed by atoms with Crippen LogP contribution in [0.2, 0.25) is 0 Å². The van der Waals surface area contributed by atoms with Crippen LogP contribution in [0, 0.1) is 11.8 Å². The first-order valence-electron chi connectivity index (χ1n) is 9.34. The monoisotopic (exact) mass is 289 g/mol. The summed E-state index contributed by atoms with van der Waals surface area (Å²) in [6.07, 6.45) is 21.4. The predicted molar refractivity (Wildman–Crippen MR) is 87.2 cm³/mol. The first-order chi connectivity index (χ1) is 10.3. The molecule has 0 radical (unpaired) electrons. The van der Waals surface area contributed by atoms with E-state index < -0.39 is 0 Å². The van der Waals surface area contributed by atoms with Gasteiger partial charge in [-0.25, -0.2) is 9.13 Å². The number of rotatable bonds is 4. The van der Waals surface area contributed by atoms with Crippen molar-refractivity contribution in [1.29, 1.82) is 0 Å². The molecule has 118 valence electrons. The van der Waals surface area contributed by atoms with Crippen molar-refractivity contribution >= 4 is 0 Å². The first-order valence-corrected chi connectivity index (χ1v) is 9.34. The molecule has 2 atom stereocenters. The summed E-state index contributed by atoms with van der Waals surface area (Å²) < 4.78 is 4.96. The van der Waals surface area contributed by atoms with Crippen molar-refractivity contribution in [1.82, 2.24) is 4.57 Å². The quantitative estimate of drug-likeness (QED) is 0.685. The van der Waals surface area contributed by atoms with E-state index in [4.69, 9.17) is 0 Å². The van der Waals surface area contributed by atoms with Crippen molar-refractivity contribution in [2.75, 3.05) is 0 Å². The Kier molecular flexibility index (Phi) is 5.03. The van der Waals surface area contributed by atoms with Gasteiger partial charge < -0.3 is 0 Å². The van der Waals surface area contributed by atoms with Gasteiger partial charge in [0.25, 0.3) is 0 Å². The van der Waals surface area contributed by atoms with Crippen LogP contribution in [0.5, 0.6) is 0 Å². The van der Waals surface area contributed by atoms with Crippen molar-refractivity contribution in [2.24, 2.45) is 11.8 Å². The molecular formula is C19H33N2+. The van der Waals surface area contributed by atoms with Crippen LogP contribution in [0.15, 0.2) is 18.7 Å². The second-order valence-electron chi connectivity index (χ2n) is 7.59. The third-order valence-electron chi connectivity index (χ3n) is 6.28. The molecule has 2 fully saturated rings. The van der Waals surface area contributed by atoms with Gasteiger partial charge in [-0.15, -0.1) is 0 Å². The summed E-state index contributed by atoms with van der Waals surface area (Å²) in [6, 6.07) is 1.34. The van der Waals surface area contributed by atoms with Crippen LogP contribution in [0.4, 0.5) is 0 Å². The number of hydrogen-bond acceptors (Lipinski definition) is 0. The molecular weight excluding hydrogens is 256 g/mol. The molecule has 2 aliphatic carbocycles. The van der Waals surface area contributed by atoms with Crippen LogP contribution < -0.4 is 4.57 Å². The third-order valence-corrected chi connectivity index (χ3v) is 6.28. The number of aromatic nitrogens is 2. The lowest BCUT2D eigenvalue weighted by Gasteiger charge is -2.26. The maximum absolute atomic E-state index is 2.48. The van der Waals surface area contributed by atoms with E-state index in [-0.39, 0.29) is 0 Å². The van der Waals surface area contributed by atoms with E-state index in [9.17, 15) is 0 Å². The molecule has 1 heterocycles. The van der Waals surface area contributed by atoms with E-state index in [2.05, 4.69) is 41.7 Å². The number of nitrogens with zero attached hydrogens (tertiary/aromatic N) is 2. The maximum atomic E-state index is 2.48. The van der Waals surface area contributed by atoms with Gasteiger partial charge in [-0.2, -0.15) is 0 Å². The molecule has 0 N–H and O–H groups in total. The molecule has 0 bridgehead atoms. The van der Waals surface area contributed by atoms with Crippen LogP contribution in [-0.2, 0) is 0 Å². The Hall–Kier alpha value is -0.790. The lowest BCUT2D eigenvalue weighted by atomic mass is 9.84. The van der Waals surface area contributed by atoms with Crippen LogP contribution >= 0.6 is 0 Å². The Labute approximate surface area is 130 Å². The predicted octanol–water partition coefficient (Wildman–Crippen LogP) is 5.06. The molecule has 1 aromatic heterocycles. The summed E-state index contributed by atoms with van der Waals surface area (Å²) in [4.78, 5) is 0. The summed E-state index contributed by atoms with van der Waals surface area (Å²) >= 11 is 0. The van der Waals surface area contributed by atoms with E-state index in [1.807, 2.05) is 0 Å². The smallest absolute Gasteiger partial charge is 0.234 e. The highest BCUT2D eigenvalue weighted by molar-refractivity contribution is 4.81. The number of imidazole rings is 1. The molecule has 0 saturated heterocycles. The van der Waals surface area contributed by atoms with Gasteiger partial charge in [0.05, 0.1) is 0 Å². The van der Waals surface area contributed by atoms with Gasteiger partial charge >= 0.3 is 0 Å². The minimum atomic E-state index is 0.671. The minimum Gasteiger partial charge on any atom is -0.234 e. The molecule has 0 aromatic carbocycles. The molecule has 2 nitrogen and oxygen atoms in total. The second-order valence-corrected chi connectivity index (χ2v) is 7.59. The van der Waals surface area contributed by atoms with E-state index in [1.165, 1.54) is 64.2 Å². The van der Waals surface area contributed by atoms with E-state index in [0.717, 1.165) is 11.8 Å². The molecule has 2 heteroatoms. The van der Waals surface area contributed by atoms with E-state index in [0.29, 0.717) is 12.1 Å². The van der Waals surface area contributed by atoms with Gasteiger partial charge in [-0.1, -0.05) is 38.5 Å². The molecule has 2 aliphatic rings. The summed E-state index contributed by atoms with van der Waals surface area (Å²) in [5, 5.41) is 0. The highest BCUT2D eigenvalue weighted by Crippen LogP contribution is 2.33. The van der Waals surface area contributed by atoms with Gasteiger partial charge in [-0.3, -0.25) is 0 Å². The first kappa shape index (κ1) is 15.1. The second kappa shape index (κ2) is 6.98. The number of hydrogen-bond donors (Lipinski definition) is 0. The van der Waals surface area contributed by atoms with Crippen LogP contribution in [0.3, 0.4) is 0 Å². The molecule has 0 aliphatic heterocycles. The fourth-order valence-corrected chi connectivity index (χ4v) is 4.59. The fraction of sp³-hybridized carbons (Fsp3) is 0.842. The Bertz CT molecular complexity index is 386. The van der Waals surface area contributed by atoms with Gasteiger partial charge in [-0.05, 0) is 51.4 Å². The Balaban J connectivity index is 1.64. The fourth-order valence-electron chi connectivity index (χ4n) is 4.59. The summed E-state index contributed by atoms with van der Waals surface area (Å²) in [5.41, 5.74) is 0. The van der Waals surface area contributed by atoms with Gasteiger partial charge in [0.2, 0.25) is 6.33 Å². The van der Waals surface area contributed by atoms with E-state index in [1.54, 1.807) is 0 Å². The SMILES string of the molecule is C[C@H](C1CCCCC1)n1cc[n+]([C@H](C)C2CCCCC2)c1. The summed E-state index contributed by atoms with van der Waals surface area (Å²) in [6.45, 7) is 4.84. The van der Waals surface area contributed by atoms with Crippen molar-refractivity contribution in [3.63, 3.8) is 0 Å². The third kappa shape index (κ3) is 3.52. The molecule has 3 rings (SSSR count). The summed E-state index contributed by atoms with van der Waals surface area (Å²) in [5.74, 6) is 1.79. The van der Waals surface area contributed by atoms with Crippen LogP contribution in [0.25, 0.3) is 0 Å². The highest BCUT2D eigenvalue weighted by Gasteiger charge is 2.28. The van der Waals surface area contributed by atoms with Crippen molar-refractivity contribution in [2.45, 2.75) is 90.1 Å². The summed E-state index contributed by atoms with van der Waals surface area (Å²) in [7, 11) is 0. The van der Waals surface area contributed by atoms with Crippen LogP contribution in [-0.4, -0.2) is 4.57 Å². The zero-order valence-corrected chi connectivity index (χ0v) is 14.0. The van der Waals surface area contributed by atoms with Crippen molar-refractivity contribution < 1.29 is 4.57 Å². The average molecular weight is 289 g/mol. The standard InChI is InChI=1S/C19H33N2/c1-16(18-9-5-3-6-10-18)20-13-14-21(15-20)17(2)19-11-7-4-8-12-19/h13-19H,3-12H2,1-2H3/q+1/t16-,17-/m1/s1. The van der Waals surface area contributed by atoms with Crippen molar-refractivity contribution in [3.05, 3.63) is 18.7 Å². The normalized spacial score (nSPS) is 24.9. The van der Waals surface area contributed by atoms with E-state index >= 15 is 0 Å². The molecule has 0 spiro atoms. The molecule has 2 saturated carbocycles. The largest absolute Gasteiger partial charge is 0.244 e. The van der Waals surface area contributed by atoms with Gasteiger partial charge in [0.15, 0.2) is 0 Å². The molecule has 0 amide bonds.